The number of amides is 1. The van der Waals surface area contributed by atoms with E-state index in [0.29, 0.717) is 23.4 Å². The van der Waals surface area contributed by atoms with Gasteiger partial charge in [-0.1, -0.05) is 36.0 Å². The highest BCUT2D eigenvalue weighted by Crippen LogP contribution is 2.40. The fourth-order valence-electron chi connectivity index (χ4n) is 2.51. The first-order chi connectivity index (χ1) is 12.3. The fraction of sp³-hybridized carbons (Fsp3) is 0.278. The molecule has 1 amide bonds. The third kappa shape index (κ3) is 4.11. The molecule has 0 spiro atoms. The monoisotopic (exact) mass is 370 g/mol. The summed E-state index contributed by atoms with van der Waals surface area (Å²) in [5, 5.41) is 10.2. The van der Waals surface area contributed by atoms with Crippen molar-refractivity contribution in [3.8, 4) is 5.69 Å². The first-order valence-electron chi connectivity index (χ1n) is 8.24. The van der Waals surface area contributed by atoms with Crippen molar-refractivity contribution in [2.75, 3.05) is 5.75 Å². The van der Waals surface area contributed by atoms with E-state index in [2.05, 4.69) is 15.4 Å². The Hall–Kier alpha value is -2.12. The predicted molar refractivity (Wildman–Crippen MR) is 100 cm³/mol. The molecular weight excluding hydrogens is 352 g/mol. The van der Waals surface area contributed by atoms with E-state index in [4.69, 9.17) is 0 Å². The number of nitrogens with zero attached hydrogens (tertiary/aromatic N) is 3. The van der Waals surface area contributed by atoms with Gasteiger partial charge in [-0.3, -0.25) is 4.79 Å². The number of carbonyl (C=O) groups is 1. The van der Waals surface area contributed by atoms with Gasteiger partial charge in [-0.15, -0.1) is 16.4 Å². The Kier molecular flexibility index (Phi) is 4.85. The highest BCUT2D eigenvalue weighted by molar-refractivity contribution is 7.99. The molecule has 1 aromatic carbocycles. The summed E-state index contributed by atoms with van der Waals surface area (Å²) in [5.74, 6) is 1.83. The first-order valence-corrected chi connectivity index (χ1v) is 10.1. The Balaban J connectivity index is 1.40. The zero-order valence-electron chi connectivity index (χ0n) is 13.6. The summed E-state index contributed by atoms with van der Waals surface area (Å²) in [7, 11) is 0. The fourth-order valence-corrected chi connectivity index (χ4v) is 3.81. The molecule has 1 aliphatic rings. The molecule has 0 atom stereocenters. The van der Waals surface area contributed by atoms with E-state index >= 15 is 0 Å². The van der Waals surface area contributed by atoms with E-state index in [-0.39, 0.29) is 5.91 Å². The van der Waals surface area contributed by atoms with Crippen molar-refractivity contribution in [1.29, 1.82) is 0 Å². The lowest BCUT2D eigenvalue weighted by Crippen LogP contribution is -2.24. The molecule has 2 heterocycles. The van der Waals surface area contributed by atoms with Gasteiger partial charge in [0.2, 0.25) is 11.1 Å². The summed E-state index contributed by atoms with van der Waals surface area (Å²) in [5.41, 5.74) is 1.02. The van der Waals surface area contributed by atoms with Crippen molar-refractivity contribution in [3.05, 3.63) is 58.5 Å². The molecule has 4 rings (SSSR count). The number of benzene rings is 1. The normalized spacial score (nSPS) is 13.8. The molecule has 0 unspecified atom stereocenters. The first kappa shape index (κ1) is 16.4. The van der Waals surface area contributed by atoms with Crippen LogP contribution in [0.25, 0.3) is 5.69 Å². The van der Waals surface area contributed by atoms with Crippen LogP contribution in [-0.2, 0) is 11.3 Å². The van der Waals surface area contributed by atoms with Gasteiger partial charge in [0, 0.05) is 10.8 Å². The Morgan fingerprint density at radius 2 is 2.08 bits per heavy atom. The quantitative estimate of drug-likeness (QED) is 0.646. The number of nitrogens with one attached hydrogen (secondary N) is 1. The molecule has 0 aliphatic heterocycles. The molecule has 25 heavy (non-hydrogen) atoms. The molecule has 0 radical (unpaired) electrons. The largest absolute Gasteiger partial charge is 0.350 e. The summed E-state index contributed by atoms with van der Waals surface area (Å²) in [6.07, 6.45) is 2.33. The molecule has 1 saturated carbocycles. The summed E-state index contributed by atoms with van der Waals surface area (Å²) < 4.78 is 1.92. The number of carbonyl (C=O) groups excluding carboxylic acids is 1. The molecule has 1 aliphatic carbocycles. The molecular formula is C18H18N4OS2. The third-order valence-electron chi connectivity index (χ3n) is 3.93. The molecule has 128 valence electrons. The smallest absolute Gasteiger partial charge is 0.230 e. The number of hydrogen-bond donors (Lipinski definition) is 1. The van der Waals surface area contributed by atoms with Crippen LogP contribution in [0.5, 0.6) is 0 Å². The van der Waals surface area contributed by atoms with E-state index in [1.807, 2.05) is 52.5 Å². The van der Waals surface area contributed by atoms with Crippen LogP contribution in [-0.4, -0.2) is 26.4 Å². The van der Waals surface area contributed by atoms with Crippen LogP contribution in [0.4, 0.5) is 0 Å². The van der Waals surface area contributed by atoms with Crippen molar-refractivity contribution >= 4 is 29.0 Å². The third-order valence-corrected chi connectivity index (χ3v) is 5.64. The average molecular weight is 371 g/mol. The number of aromatic nitrogens is 3. The second-order valence-corrected chi connectivity index (χ2v) is 7.89. The van der Waals surface area contributed by atoms with Crippen LogP contribution in [0, 0.1) is 0 Å². The van der Waals surface area contributed by atoms with E-state index in [9.17, 15) is 4.79 Å². The zero-order valence-corrected chi connectivity index (χ0v) is 15.2. The van der Waals surface area contributed by atoms with Crippen molar-refractivity contribution in [2.24, 2.45) is 0 Å². The second kappa shape index (κ2) is 7.41. The molecule has 7 heteroatoms. The number of rotatable bonds is 7. The van der Waals surface area contributed by atoms with Crippen LogP contribution < -0.4 is 5.32 Å². The van der Waals surface area contributed by atoms with Crippen LogP contribution in [0.3, 0.4) is 0 Å². The maximum atomic E-state index is 12.0. The minimum Gasteiger partial charge on any atom is -0.350 e. The second-order valence-electron chi connectivity index (χ2n) is 5.92. The average Bonchev–Trinajstić information content (AvgIpc) is 3.19. The molecule has 1 N–H and O–H groups in total. The Bertz CT molecular complexity index is 841. The van der Waals surface area contributed by atoms with Crippen LogP contribution in [0.2, 0.25) is 0 Å². The van der Waals surface area contributed by atoms with Gasteiger partial charge in [-0.25, -0.2) is 9.67 Å². The van der Waals surface area contributed by atoms with Crippen LogP contribution in [0.1, 0.15) is 29.5 Å². The molecule has 3 aromatic rings. The van der Waals surface area contributed by atoms with Gasteiger partial charge < -0.3 is 5.32 Å². The van der Waals surface area contributed by atoms with E-state index in [1.165, 1.54) is 11.8 Å². The van der Waals surface area contributed by atoms with E-state index < -0.39 is 0 Å². The molecule has 0 bridgehead atoms. The minimum atomic E-state index is 0.00225. The Morgan fingerprint density at radius 1 is 1.24 bits per heavy atom. The van der Waals surface area contributed by atoms with Crippen molar-refractivity contribution < 1.29 is 4.79 Å². The lowest BCUT2D eigenvalue weighted by molar-refractivity contribution is -0.118. The van der Waals surface area contributed by atoms with Gasteiger partial charge in [-0.05, 0) is 36.4 Å². The Labute approximate surface area is 154 Å². The maximum absolute atomic E-state index is 12.0. The van der Waals surface area contributed by atoms with Crippen LogP contribution >= 0.6 is 23.1 Å². The maximum Gasteiger partial charge on any atom is 0.230 e. The van der Waals surface area contributed by atoms with Gasteiger partial charge >= 0.3 is 0 Å². The highest BCUT2D eigenvalue weighted by Gasteiger charge is 2.30. The topological polar surface area (TPSA) is 59.8 Å². The van der Waals surface area contributed by atoms with Gasteiger partial charge in [0.1, 0.15) is 5.82 Å². The minimum absolute atomic E-state index is 0.00225. The van der Waals surface area contributed by atoms with Crippen molar-refractivity contribution in [3.63, 3.8) is 0 Å². The number of thiophene rings is 1. The lowest BCUT2D eigenvalue weighted by atomic mass is 10.3. The number of para-hydroxylation sites is 1. The lowest BCUT2D eigenvalue weighted by Gasteiger charge is -2.03. The molecule has 0 saturated heterocycles. The zero-order chi connectivity index (χ0) is 17.1. The summed E-state index contributed by atoms with van der Waals surface area (Å²) in [4.78, 5) is 17.9. The molecule has 1 fully saturated rings. The van der Waals surface area contributed by atoms with E-state index in [0.717, 1.165) is 29.2 Å². The van der Waals surface area contributed by atoms with Gasteiger partial charge in [0.05, 0.1) is 18.0 Å². The van der Waals surface area contributed by atoms with E-state index in [1.54, 1.807) is 11.3 Å². The van der Waals surface area contributed by atoms with Gasteiger partial charge in [0.15, 0.2) is 0 Å². The number of hydrogen-bond acceptors (Lipinski definition) is 5. The Morgan fingerprint density at radius 3 is 2.80 bits per heavy atom. The molecule has 5 nitrogen and oxygen atoms in total. The predicted octanol–water partition coefficient (Wildman–Crippen LogP) is 3.61. The molecule has 2 aromatic heterocycles. The van der Waals surface area contributed by atoms with Gasteiger partial charge in [0.25, 0.3) is 0 Å². The summed E-state index contributed by atoms with van der Waals surface area (Å²) in [6.45, 7) is 0.580. The highest BCUT2D eigenvalue weighted by atomic mass is 32.2. The van der Waals surface area contributed by atoms with Crippen LogP contribution in [0.15, 0.2) is 53.0 Å². The SMILES string of the molecule is O=C(CSc1nc(C2CC2)n(-c2ccccc2)n1)NCc1cccs1. The summed E-state index contributed by atoms with van der Waals surface area (Å²) >= 11 is 3.03. The van der Waals surface area contributed by atoms with Crippen molar-refractivity contribution in [1.82, 2.24) is 20.1 Å². The number of thioether (sulfide) groups is 1. The van der Waals surface area contributed by atoms with Gasteiger partial charge in [-0.2, -0.15) is 0 Å². The van der Waals surface area contributed by atoms with Crippen molar-refractivity contribution in [2.45, 2.75) is 30.5 Å². The summed E-state index contributed by atoms with van der Waals surface area (Å²) in [6, 6.07) is 14.1. The standard InChI is InChI=1S/C18H18N4OS2/c23-16(19-11-15-7-4-10-24-15)12-25-18-20-17(13-8-9-13)22(21-18)14-5-2-1-3-6-14/h1-7,10,13H,8-9,11-12H2,(H,19,23).